The molecule has 0 saturated carbocycles. The van der Waals surface area contributed by atoms with Gasteiger partial charge in [0.2, 0.25) is 5.91 Å². The molecular weight excluding hydrogens is 390 g/mol. The number of aromatic nitrogens is 1. The molecule has 1 unspecified atom stereocenters. The summed E-state index contributed by atoms with van der Waals surface area (Å²) < 4.78 is 11.4. The van der Waals surface area contributed by atoms with E-state index in [0.717, 1.165) is 35.7 Å². The Morgan fingerprint density at radius 3 is 2.65 bits per heavy atom. The molecule has 2 aromatic carbocycles. The lowest BCUT2D eigenvalue weighted by Gasteiger charge is -2.29. The van der Waals surface area contributed by atoms with Crippen molar-refractivity contribution in [1.82, 2.24) is 15.2 Å². The van der Waals surface area contributed by atoms with Crippen LogP contribution in [0.3, 0.4) is 0 Å². The van der Waals surface area contributed by atoms with Crippen LogP contribution in [0.4, 0.5) is 0 Å². The number of benzene rings is 2. The molecule has 1 aliphatic heterocycles. The quantitative estimate of drug-likeness (QED) is 0.562. The number of hydrogen-bond acceptors (Lipinski definition) is 5. The Labute approximate surface area is 183 Å². The van der Waals surface area contributed by atoms with E-state index in [1.807, 2.05) is 48.5 Å². The Morgan fingerprint density at radius 1 is 1.13 bits per heavy atom. The van der Waals surface area contributed by atoms with Crippen molar-refractivity contribution in [2.24, 2.45) is 0 Å². The molecule has 1 amide bonds. The first-order valence-electron chi connectivity index (χ1n) is 10.9. The maximum Gasteiger partial charge on any atom is 0.220 e. The van der Waals surface area contributed by atoms with Gasteiger partial charge in [-0.25, -0.2) is 4.98 Å². The summed E-state index contributed by atoms with van der Waals surface area (Å²) in [6.45, 7) is 2.63. The van der Waals surface area contributed by atoms with Crippen molar-refractivity contribution >= 4 is 5.91 Å². The number of ether oxygens (including phenoxy) is 1. The fraction of sp³-hybridized carbons (Fsp3) is 0.360. The Morgan fingerprint density at radius 2 is 1.87 bits per heavy atom. The molecule has 1 atom stereocenters. The van der Waals surface area contributed by atoms with Crippen LogP contribution in [0.2, 0.25) is 0 Å². The van der Waals surface area contributed by atoms with Crippen LogP contribution in [0, 0.1) is 0 Å². The van der Waals surface area contributed by atoms with E-state index in [-0.39, 0.29) is 11.9 Å². The minimum Gasteiger partial charge on any atom is -0.496 e. The van der Waals surface area contributed by atoms with Crippen LogP contribution >= 0.6 is 0 Å². The average molecular weight is 420 g/mol. The van der Waals surface area contributed by atoms with Gasteiger partial charge in [0.05, 0.1) is 19.3 Å². The van der Waals surface area contributed by atoms with E-state index in [1.165, 1.54) is 12.8 Å². The highest BCUT2D eigenvalue weighted by Crippen LogP contribution is 2.31. The van der Waals surface area contributed by atoms with E-state index in [0.29, 0.717) is 25.3 Å². The zero-order chi connectivity index (χ0) is 21.5. The van der Waals surface area contributed by atoms with E-state index in [1.54, 1.807) is 13.3 Å². The molecule has 0 bridgehead atoms. The molecule has 6 nitrogen and oxygen atoms in total. The number of para-hydroxylation sites is 1. The minimum atomic E-state index is -0.00134. The van der Waals surface area contributed by atoms with Crippen LogP contribution < -0.4 is 10.1 Å². The number of carbonyl (C=O) groups is 1. The summed E-state index contributed by atoms with van der Waals surface area (Å²) in [5.41, 5.74) is 2.10. The van der Waals surface area contributed by atoms with Gasteiger partial charge in [-0.3, -0.25) is 9.69 Å². The molecule has 6 heteroatoms. The zero-order valence-electron chi connectivity index (χ0n) is 17.9. The van der Waals surface area contributed by atoms with Gasteiger partial charge in [-0.15, -0.1) is 0 Å². The molecule has 1 aromatic heterocycles. The average Bonchev–Trinajstić information content (AvgIpc) is 3.51. The number of carbonyl (C=O) groups excluding carboxylic acids is 1. The van der Waals surface area contributed by atoms with Crippen LogP contribution in [0.1, 0.15) is 36.8 Å². The summed E-state index contributed by atoms with van der Waals surface area (Å²) in [5.74, 6) is 2.16. The minimum absolute atomic E-state index is 0.00134. The van der Waals surface area contributed by atoms with Crippen LogP contribution in [0.5, 0.6) is 5.75 Å². The summed E-state index contributed by atoms with van der Waals surface area (Å²) >= 11 is 0. The molecule has 1 N–H and O–H groups in total. The Bertz CT molecular complexity index is 980. The number of nitrogens with one attached hydrogen (secondary N) is 1. The van der Waals surface area contributed by atoms with Crippen molar-refractivity contribution in [3.8, 4) is 17.1 Å². The SMILES string of the molecule is COc1ccccc1C(CNC(=O)CCc1ncc(-c2ccccc2)o1)N1CCCC1. The summed E-state index contributed by atoms with van der Waals surface area (Å²) in [6, 6.07) is 18.0. The lowest BCUT2D eigenvalue weighted by Crippen LogP contribution is -2.37. The first-order chi connectivity index (χ1) is 15.2. The lowest BCUT2D eigenvalue weighted by atomic mass is 10.0. The fourth-order valence-electron chi connectivity index (χ4n) is 4.11. The third-order valence-corrected chi connectivity index (χ3v) is 5.75. The molecule has 1 aliphatic rings. The van der Waals surface area contributed by atoms with Gasteiger partial charge >= 0.3 is 0 Å². The zero-order valence-corrected chi connectivity index (χ0v) is 17.9. The van der Waals surface area contributed by atoms with Crippen LogP contribution in [-0.2, 0) is 11.2 Å². The monoisotopic (exact) mass is 419 g/mol. The van der Waals surface area contributed by atoms with E-state index in [4.69, 9.17) is 9.15 Å². The third-order valence-electron chi connectivity index (χ3n) is 5.75. The highest BCUT2D eigenvalue weighted by atomic mass is 16.5. The van der Waals surface area contributed by atoms with Crippen LogP contribution in [0.25, 0.3) is 11.3 Å². The van der Waals surface area contributed by atoms with E-state index in [9.17, 15) is 4.79 Å². The fourth-order valence-corrected chi connectivity index (χ4v) is 4.11. The number of oxazole rings is 1. The standard InChI is InChI=1S/C25H29N3O3/c1-30-22-12-6-5-11-20(22)21(28-15-7-8-16-28)17-26-24(29)13-14-25-27-18-23(31-25)19-9-3-2-4-10-19/h2-6,9-12,18,21H,7-8,13-17H2,1H3,(H,26,29). The topological polar surface area (TPSA) is 67.6 Å². The van der Waals surface area contributed by atoms with E-state index >= 15 is 0 Å². The predicted molar refractivity (Wildman–Crippen MR) is 120 cm³/mol. The molecule has 31 heavy (non-hydrogen) atoms. The molecule has 3 aromatic rings. The second kappa shape index (κ2) is 10.3. The number of methoxy groups -OCH3 is 1. The maximum atomic E-state index is 12.6. The van der Waals surface area contributed by atoms with E-state index < -0.39 is 0 Å². The van der Waals surface area contributed by atoms with Gasteiger partial charge in [0.1, 0.15) is 5.75 Å². The molecule has 162 valence electrons. The Kier molecular flexibility index (Phi) is 6.99. The maximum absolute atomic E-state index is 12.6. The number of amides is 1. The molecule has 0 aliphatic carbocycles. The number of nitrogens with zero attached hydrogens (tertiary/aromatic N) is 2. The van der Waals surface area contributed by atoms with Crippen molar-refractivity contribution in [2.45, 2.75) is 31.7 Å². The van der Waals surface area contributed by atoms with Gasteiger partial charge in [-0.2, -0.15) is 0 Å². The van der Waals surface area contributed by atoms with Crippen molar-refractivity contribution in [2.75, 3.05) is 26.7 Å². The first kappa shape index (κ1) is 21.1. The van der Waals surface area contributed by atoms with Gasteiger partial charge in [-0.1, -0.05) is 48.5 Å². The van der Waals surface area contributed by atoms with Crippen molar-refractivity contribution < 1.29 is 13.9 Å². The second-order valence-electron chi connectivity index (χ2n) is 7.79. The number of rotatable bonds is 9. The highest BCUT2D eigenvalue weighted by molar-refractivity contribution is 5.76. The number of aryl methyl sites for hydroxylation is 1. The molecule has 1 fully saturated rings. The van der Waals surface area contributed by atoms with Crippen molar-refractivity contribution in [1.29, 1.82) is 0 Å². The second-order valence-corrected chi connectivity index (χ2v) is 7.79. The molecule has 2 heterocycles. The van der Waals surface area contributed by atoms with Crippen molar-refractivity contribution in [3.05, 3.63) is 72.2 Å². The summed E-state index contributed by atoms with van der Waals surface area (Å²) in [4.78, 5) is 19.3. The molecule has 4 rings (SSSR count). The molecular formula is C25H29N3O3. The van der Waals surface area contributed by atoms with Gasteiger partial charge < -0.3 is 14.5 Å². The molecule has 0 spiro atoms. The van der Waals surface area contributed by atoms with Gasteiger partial charge in [0.15, 0.2) is 11.7 Å². The normalized spacial score (nSPS) is 15.0. The van der Waals surface area contributed by atoms with Gasteiger partial charge in [-0.05, 0) is 32.0 Å². The lowest BCUT2D eigenvalue weighted by molar-refractivity contribution is -0.121. The number of likely N-dealkylation sites (tertiary alicyclic amines) is 1. The molecule has 1 saturated heterocycles. The van der Waals surface area contributed by atoms with Crippen LogP contribution in [0.15, 0.2) is 65.2 Å². The smallest absolute Gasteiger partial charge is 0.220 e. The van der Waals surface area contributed by atoms with E-state index in [2.05, 4.69) is 21.3 Å². The first-order valence-corrected chi connectivity index (χ1v) is 10.9. The third kappa shape index (κ3) is 5.33. The molecule has 0 radical (unpaired) electrons. The summed E-state index contributed by atoms with van der Waals surface area (Å²) in [7, 11) is 1.69. The largest absolute Gasteiger partial charge is 0.496 e. The summed E-state index contributed by atoms with van der Waals surface area (Å²) in [6.07, 6.45) is 4.91. The van der Waals surface area contributed by atoms with Crippen LogP contribution in [-0.4, -0.2) is 42.5 Å². The Balaban J connectivity index is 1.34. The predicted octanol–water partition coefficient (Wildman–Crippen LogP) is 4.24. The van der Waals surface area contributed by atoms with Gasteiger partial charge in [0, 0.05) is 30.5 Å². The van der Waals surface area contributed by atoms with Crippen molar-refractivity contribution in [3.63, 3.8) is 0 Å². The summed E-state index contributed by atoms with van der Waals surface area (Å²) in [5, 5.41) is 3.11. The highest BCUT2D eigenvalue weighted by Gasteiger charge is 2.26. The Hall–Kier alpha value is -3.12. The number of hydrogen-bond donors (Lipinski definition) is 1. The van der Waals surface area contributed by atoms with Gasteiger partial charge in [0.25, 0.3) is 0 Å².